The SMILES string of the molecule is Cc1ccc(N[C@@H](C)c2nc3sc4c(c3c(=O)[nH]2)CC[C@H](C)C4)cc1C. The second-order valence-corrected chi connectivity index (χ2v) is 8.73. The average molecular weight is 368 g/mol. The fraction of sp³-hybridized carbons (Fsp3) is 0.429. The first-order valence-electron chi connectivity index (χ1n) is 9.30. The van der Waals surface area contributed by atoms with Gasteiger partial charge in [-0.25, -0.2) is 4.98 Å². The molecular formula is C21H25N3OS. The van der Waals surface area contributed by atoms with Crippen LogP contribution in [0, 0.1) is 19.8 Å². The molecule has 136 valence electrons. The fourth-order valence-corrected chi connectivity index (χ4v) is 5.11. The molecule has 0 fully saturated rings. The first-order chi connectivity index (χ1) is 12.4. The minimum Gasteiger partial charge on any atom is -0.375 e. The molecule has 1 aromatic carbocycles. The van der Waals surface area contributed by atoms with Crippen LogP contribution in [0.5, 0.6) is 0 Å². The number of fused-ring (bicyclic) bond motifs is 3. The molecule has 1 aliphatic rings. The van der Waals surface area contributed by atoms with Gasteiger partial charge in [-0.15, -0.1) is 11.3 Å². The van der Waals surface area contributed by atoms with Gasteiger partial charge in [0.1, 0.15) is 10.7 Å². The van der Waals surface area contributed by atoms with Crippen LogP contribution in [0.15, 0.2) is 23.0 Å². The van der Waals surface area contributed by atoms with Crippen molar-refractivity contribution in [1.82, 2.24) is 9.97 Å². The predicted molar refractivity (Wildman–Crippen MR) is 109 cm³/mol. The fourth-order valence-electron chi connectivity index (χ4n) is 3.72. The highest BCUT2D eigenvalue weighted by Gasteiger charge is 2.23. The summed E-state index contributed by atoms with van der Waals surface area (Å²) in [6, 6.07) is 6.25. The third-order valence-electron chi connectivity index (χ3n) is 5.48. The summed E-state index contributed by atoms with van der Waals surface area (Å²) in [7, 11) is 0. The lowest BCUT2D eigenvalue weighted by molar-refractivity contribution is 0.509. The molecular weight excluding hydrogens is 342 g/mol. The Labute approximate surface area is 157 Å². The van der Waals surface area contributed by atoms with Gasteiger partial charge in [0.25, 0.3) is 5.56 Å². The van der Waals surface area contributed by atoms with Gasteiger partial charge in [0.05, 0.1) is 11.4 Å². The maximum absolute atomic E-state index is 12.8. The molecule has 0 bridgehead atoms. The van der Waals surface area contributed by atoms with E-state index in [-0.39, 0.29) is 11.6 Å². The van der Waals surface area contributed by atoms with E-state index >= 15 is 0 Å². The number of aromatic amines is 1. The van der Waals surface area contributed by atoms with E-state index in [2.05, 4.69) is 49.3 Å². The van der Waals surface area contributed by atoms with Crippen molar-refractivity contribution in [2.75, 3.05) is 5.32 Å². The van der Waals surface area contributed by atoms with Crippen LogP contribution in [-0.2, 0) is 12.8 Å². The first kappa shape index (κ1) is 17.3. The zero-order chi connectivity index (χ0) is 18.4. The van der Waals surface area contributed by atoms with E-state index in [1.54, 1.807) is 11.3 Å². The van der Waals surface area contributed by atoms with Crippen molar-refractivity contribution in [2.45, 2.75) is 53.0 Å². The van der Waals surface area contributed by atoms with Gasteiger partial charge < -0.3 is 10.3 Å². The Kier molecular flexibility index (Phi) is 4.35. The quantitative estimate of drug-likeness (QED) is 0.692. The van der Waals surface area contributed by atoms with Gasteiger partial charge in [-0.05, 0) is 74.8 Å². The molecule has 4 nitrogen and oxygen atoms in total. The topological polar surface area (TPSA) is 57.8 Å². The summed E-state index contributed by atoms with van der Waals surface area (Å²) in [5.74, 6) is 1.40. The van der Waals surface area contributed by atoms with Crippen LogP contribution >= 0.6 is 11.3 Å². The Hall–Kier alpha value is -2.14. The molecule has 0 radical (unpaired) electrons. The number of hydrogen-bond donors (Lipinski definition) is 2. The van der Waals surface area contributed by atoms with E-state index in [0.29, 0.717) is 11.7 Å². The van der Waals surface area contributed by atoms with Gasteiger partial charge in [0.15, 0.2) is 0 Å². The smallest absolute Gasteiger partial charge is 0.259 e. The van der Waals surface area contributed by atoms with Gasteiger partial charge in [0.2, 0.25) is 0 Å². The summed E-state index contributed by atoms with van der Waals surface area (Å²) in [5, 5.41) is 4.28. The molecule has 0 amide bonds. The molecule has 26 heavy (non-hydrogen) atoms. The minimum atomic E-state index is -0.0627. The zero-order valence-electron chi connectivity index (χ0n) is 15.8. The predicted octanol–water partition coefficient (Wildman–Crippen LogP) is 4.90. The number of aromatic nitrogens is 2. The molecule has 2 atom stereocenters. The largest absolute Gasteiger partial charge is 0.375 e. The Balaban J connectivity index is 1.68. The molecule has 0 aliphatic heterocycles. The van der Waals surface area contributed by atoms with Gasteiger partial charge in [-0.1, -0.05) is 13.0 Å². The Morgan fingerprint density at radius 2 is 2.12 bits per heavy atom. The third-order valence-corrected chi connectivity index (χ3v) is 6.63. The number of thiophene rings is 1. The number of hydrogen-bond acceptors (Lipinski definition) is 4. The van der Waals surface area contributed by atoms with Crippen LogP contribution in [0.4, 0.5) is 5.69 Å². The lowest BCUT2D eigenvalue weighted by atomic mass is 9.89. The maximum Gasteiger partial charge on any atom is 0.259 e. The minimum absolute atomic E-state index is 0.00536. The molecule has 4 rings (SSSR count). The number of nitrogens with one attached hydrogen (secondary N) is 2. The van der Waals surface area contributed by atoms with Gasteiger partial charge in [0, 0.05) is 10.6 Å². The van der Waals surface area contributed by atoms with Gasteiger partial charge in [-0.2, -0.15) is 0 Å². The monoisotopic (exact) mass is 367 g/mol. The van der Waals surface area contributed by atoms with Crippen LogP contribution < -0.4 is 10.9 Å². The second kappa shape index (κ2) is 6.54. The molecule has 2 heterocycles. The lowest BCUT2D eigenvalue weighted by Gasteiger charge is -2.17. The van der Waals surface area contributed by atoms with Crippen molar-refractivity contribution >= 4 is 27.2 Å². The zero-order valence-corrected chi connectivity index (χ0v) is 16.6. The summed E-state index contributed by atoms with van der Waals surface area (Å²) >= 11 is 1.70. The Bertz CT molecular complexity index is 1030. The first-order valence-corrected chi connectivity index (χ1v) is 10.1. The van der Waals surface area contributed by atoms with E-state index in [1.165, 1.54) is 21.6 Å². The standard InChI is InChI=1S/C21H25N3OS/c1-11-5-8-16-17(9-11)26-21-18(16)20(25)23-19(24-21)14(4)22-15-7-6-12(2)13(3)10-15/h6-7,10-11,14,22H,5,8-9H2,1-4H3,(H,23,24,25)/t11-,14-/m0/s1. The number of H-pyrrole nitrogens is 1. The van der Waals surface area contributed by atoms with Crippen molar-refractivity contribution < 1.29 is 0 Å². The highest BCUT2D eigenvalue weighted by Crippen LogP contribution is 2.36. The molecule has 2 aromatic heterocycles. The molecule has 0 saturated heterocycles. The number of rotatable bonds is 3. The van der Waals surface area contributed by atoms with E-state index in [0.717, 1.165) is 35.2 Å². The Morgan fingerprint density at radius 3 is 2.88 bits per heavy atom. The number of benzene rings is 1. The Morgan fingerprint density at radius 1 is 1.31 bits per heavy atom. The highest BCUT2D eigenvalue weighted by atomic mass is 32.1. The molecule has 2 N–H and O–H groups in total. The molecule has 0 spiro atoms. The van der Waals surface area contributed by atoms with Crippen molar-refractivity contribution in [3.63, 3.8) is 0 Å². The van der Waals surface area contributed by atoms with Crippen molar-refractivity contribution in [2.24, 2.45) is 5.92 Å². The highest BCUT2D eigenvalue weighted by molar-refractivity contribution is 7.18. The lowest BCUT2D eigenvalue weighted by Crippen LogP contribution is -2.18. The normalized spacial score (nSPS) is 17.9. The maximum atomic E-state index is 12.8. The molecule has 3 aromatic rings. The molecule has 0 saturated carbocycles. The van der Waals surface area contributed by atoms with Crippen molar-refractivity contribution in [3.8, 4) is 0 Å². The van der Waals surface area contributed by atoms with E-state index in [4.69, 9.17) is 4.98 Å². The molecule has 1 aliphatic carbocycles. The average Bonchev–Trinajstić information content (AvgIpc) is 2.95. The van der Waals surface area contributed by atoms with Crippen LogP contribution in [0.1, 0.15) is 53.7 Å². The van der Waals surface area contributed by atoms with E-state index in [9.17, 15) is 4.79 Å². The second-order valence-electron chi connectivity index (χ2n) is 7.65. The van der Waals surface area contributed by atoms with Crippen molar-refractivity contribution in [1.29, 1.82) is 0 Å². The van der Waals surface area contributed by atoms with Crippen LogP contribution in [0.25, 0.3) is 10.2 Å². The summed E-state index contributed by atoms with van der Waals surface area (Å²) < 4.78 is 0. The summed E-state index contributed by atoms with van der Waals surface area (Å²) in [6.07, 6.45) is 3.23. The van der Waals surface area contributed by atoms with E-state index < -0.39 is 0 Å². The number of aryl methyl sites for hydroxylation is 3. The van der Waals surface area contributed by atoms with Gasteiger partial charge in [-0.3, -0.25) is 4.79 Å². The molecule has 5 heteroatoms. The van der Waals surface area contributed by atoms with Crippen LogP contribution in [0.2, 0.25) is 0 Å². The van der Waals surface area contributed by atoms with E-state index in [1.807, 2.05) is 6.92 Å². The number of nitrogens with zero attached hydrogens (tertiary/aromatic N) is 1. The third kappa shape index (κ3) is 3.05. The molecule has 0 unspecified atom stereocenters. The van der Waals surface area contributed by atoms with Crippen LogP contribution in [0.3, 0.4) is 0 Å². The van der Waals surface area contributed by atoms with Gasteiger partial charge >= 0.3 is 0 Å². The summed E-state index contributed by atoms with van der Waals surface area (Å²) in [4.78, 5) is 22.8. The van der Waals surface area contributed by atoms with Crippen LogP contribution in [-0.4, -0.2) is 9.97 Å². The number of anilines is 1. The summed E-state index contributed by atoms with van der Waals surface area (Å²) in [6.45, 7) is 8.53. The van der Waals surface area contributed by atoms with Crippen molar-refractivity contribution in [3.05, 3.63) is 55.9 Å². The summed E-state index contributed by atoms with van der Waals surface area (Å²) in [5.41, 5.74) is 4.81.